The first-order valence-corrected chi connectivity index (χ1v) is 3.36. The van der Waals surface area contributed by atoms with Gasteiger partial charge in [0.2, 0.25) is 0 Å². The van der Waals surface area contributed by atoms with Crippen LogP contribution in [0.15, 0.2) is 43.0 Å². The zero-order chi connectivity index (χ0) is 9.23. The van der Waals surface area contributed by atoms with Gasteiger partial charge in [-0.15, -0.1) is 0 Å². The molecule has 64 valence electrons. The molecule has 1 rings (SSSR count). The molecule has 0 aliphatic carbocycles. The fourth-order valence-electron chi connectivity index (χ4n) is 0.513. The molecule has 1 aromatic rings. The molecule has 0 bridgehead atoms. The van der Waals surface area contributed by atoms with E-state index in [9.17, 15) is 0 Å². The van der Waals surface area contributed by atoms with Crippen LogP contribution in [0.1, 0.15) is 0 Å². The lowest BCUT2D eigenvalue weighted by Crippen LogP contribution is -1.85. The predicted molar refractivity (Wildman–Crippen MR) is 48.1 cm³/mol. The number of carbonyl (C=O) groups is 1. The predicted octanol–water partition coefficient (Wildman–Crippen LogP) is 1.86. The first-order valence-electron chi connectivity index (χ1n) is 3.36. The van der Waals surface area contributed by atoms with E-state index in [2.05, 4.69) is 6.58 Å². The SMILES string of the molecule is C=CC=O.ONc1ccccc1. The summed E-state index contributed by atoms with van der Waals surface area (Å²) in [7, 11) is 0. The molecular formula is C9H11NO2. The molecule has 0 amide bonds. The first kappa shape index (κ1) is 10.4. The highest BCUT2D eigenvalue weighted by Gasteiger charge is 1.79. The van der Waals surface area contributed by atoms with E-state index in [4.69, 9.17) is 10.0 Å². The third kappa shape index (κ3) is 5.20. The van der Waals surface area contributed by atoms with Gasteiger partial charge in [0, 0.05) is 0 Å². The Labute approximate surface area is 71.3 Å². The summed E-state index contributed by atoms with van der Waals surface area (Å²) >= 11 is 0. The van der Waals surface area contributed by atoms with E-state index < -0.39 is 0 Å². The van der Waals surface area contributed by atoms with Crippen molar-refractivity contribution in [3.05, 3.63) is 43.0 Å². The number of nitrogens with one attached hydrogen (secondary N) is 1. The molecule has 0 aliphatic rings. The van der Waals surface area contributed by atoms with Gasteiger partial charge in [0.25, 0.3) is 0 Å². The van der Waals surface area contributed by atoms with Crippen LogP contribution in [-0.4, -0.2) is 11.5 Å². The van der Waals surface area contributed by atoms with E-state index >= 15 is 0 Å². The highest BCUT2D eigenvalue weighted by Crippen LogP contribution is 2.01. The minimum Gasteiger partial charge on any atom is -0.299 e. The fourth-order valence-corrected chi connectivity index (χ4v) is 0.513. The highest BCUT2D eigenvalue weighted by atomic mass is 16.5. The zero-order valence-corrected chi connectivity index (χ0v) is 6.60. The molecule has 12 heavy (non-hydrogen) atoms. The summed E-state index contributed by atoms with van der Waals surface area (Å²) in [6, 6.07) is 9.14. The van der Waals surface area contributed by atoms with Gasteiger partial charge in [0.15, 0.2) is 0 Å². The smallest absolute Gasteiger partial charge is 0.142 e. The van der Waals surface area contributed by atoms with Gasteiger partial charge < -0.3 is 0 Å². The van der Waals surface area contributed by atoms with Crippen molar-refractivity contribution in [2.24, 2.45) is 0 Å². The molecule has 0 saturated heterocycles. The van der Waals surface area contributed by atoms with Crippen molar-refractivity contribution in [1.82, 2.24) is 0 Å². The van der Waals surface area contributed by atoms with Crippen LogP contribution < -0.4 is 5.48 Å². The second-order valence-electron chi connectivity index (χ2n) is 1.85. The number of para-hydroxylation sites is 1. The maximum absolute atomic E-state index is 9.06. The van der Waals surface area contributed by atoms with Crippen molar-refractivity contribution in [3.8, 4) is 0 Å². The van der Waals surface area contributed by atoms with Gasteiger partial charge in [-0.05, 0) is 18.2 Å². The van der Waals surface area contributed by atoms with Crippen LogP contribution in [0, 0.1) is 0 Å². The van der Waals surface area contributed by atoms with E-state index in [1.807, 2.05) is 23.7 Å². The van der Waals surface area contributed by atoms with Crippen molar-refractivity contribution < 1.29 is 10.0 Å². The van der Waals surface area contributed by atoms with Crippen molar-refractivity contribution >= 4 is 12.0 Å². The van der Waals surface area contributed by atoms with Crippen LogP contribution in [-0.2, 0) is 4.79 Å². The Morgan fingerprint density at radius 2 is 1.83 bits per heavy atom. The molecular weight excluding hydrogens is 154 g/mol. The Morgan fingerprint density at radius 3 is 2.08 bits per heavy atom. The van der Waals surface area contributed by atoms with Crippen LogP contribution >= 0.6 is 0 Å². The van der Waals surface area contributed by atoms with Gasteiger partial charge in [-0.25, -0.2) is 0 Å². The highest BCUT2D eigenvalue weighted by molar-refractivity contribution is 5.63. The number of hydrogen-bond acceptors (Lipinski definition) is 3. The molecule has 0 atom stereocenters. The number of aldehydes is 1. The fraction of sp³-hybridized carbons (Fsp3) is 0. The van der Waals surface area contributed by atoms with Gasteiger partial charge in [0.05, 0.1) is 5.69 Å². The lowest BCUT2D eigenvalue weighted by atomic mass is 10.3. The molecule has 0 spiro atoms. The molecule has 0 aromatic heterocycles. The summed E-state index contributed by atoms with van der Waals surface area (Å²) in [5.74, 6) is 0. The van der Waals surface area contributed by atoms with Gasteiger partial charge in [-0.1, -0.05) is 24.8 Å². The third-order valence-corrected chi connectivity index (χ3v) is 0.999. The number of carbonyl (C=O) groups excluding carboxylic acids is 1. The summed E-state index contributed by atoms with van der Waals surface area (Å²) < 4.78 is 0. The standard InChI is InChI=1S/C6H7NO.C3H4O/c8-7-6-4-2-1-3-5-6;1-2-3-4/h1-5,7-8H;2-3H,1H2. The quantitative estimate of drug-likeness (QED) is 0.399. The average Bonchev–Trinajstić information content (AvgIpc) is 2.19. The van der Waals surface area contributed by atoms with Crippen LogP contribution in [0.4, 0.5) is 5.69 Å². The molecule has 0 aliphatic heterocycles. The molecule has 0 unspecified atom stereocenters. The summed E-state index contributed by atoms with van der Waals surface area (Å²) in [6.07, 6.45) is 1.83. The first-order chi connectivity index (χ1) is 5.85. The van der Waals surface area contributed by atoms with Crippen LogP contribution in [0.3, 0.4) is 0 Å². The largest absolute Gasteiger partial charge is 0.299 e. The Hall–Kier alpha value is -1.61. The molecule has 0 heterocycles. The number of rotatable bonds is 2. The maximum atomic E-state index is 9.06. The monoisotopic (exact) mass is 165 g/mol. The minimum atomic E-state index is 0.639. The zero-order valence-electron chi connectivity index (χ0n) is 6.60. The van der Waals surface area contributed by atoms with Crippen molar-refractivity contribution in [2.75, 3.05) is 5.48 Å². The summed E-state index contributed by atoms with van der Waals surface area (Å²) in [6.45, 7) is 3.11. The van der Waals surface area contributed by atoms with Gasteiger partial charge in [-0.3, -0.25) is 15.5 Å². The molecule has 3 nitrogen and oxygen atoms in total. The van der Waals surface area contributed by atoms with E-state index in [0.29, 0.717) is 12.0 Å². The minimum absolute atomic E-state index is 0.639. The van der Waals surface area contributed by atoms with E-state index in [-0.39, 0.29) is 0 Å². The summed E-state index contributed by atoms with van der Waals surface area (Å²) in [4.78, 5) is 9.06. The number of benzene rings is 1. The Balaban J connectivity index is 0.000000261. The third-order valence-electron chi connectivity index (χ3n) is 0.999. The molecule has 1 aromatic carbocycles. The van der Waals surface area contributed by atoms with E-state index in [1.165, 1.54) is 6.08 Å². The van der Waals surface area contributed by atoms with Gasteiger partial charge in [0.1, 0.15) is 6.29 Å². The van der Waals surface area contributed by atoms with E-state index in [1.54, 1.807) is 12.1 Å². The van der Waals surface area contributed by atoms with Crippen molar-refractivity contribution in [2.45, 2.75) is 0 Å². The number of allylic oxidation sites excluding steroid dienone is 1. The lowest BCUT2D eigenvalue weighted by molar-refractivity contribution is -0.104. The van der Waals surface area contributed by atoms with Crippen molar-refractivity contribution in [1.29, 1.82) is 0 Å². The van der Waals surface area contributed by atoms with Crippen LogP contribution in [0.2, 0.25) is 0 Å². The van der Waals surface area contributed by atoms with Crippen LogP contribution in [0.25, 0.3) is 0 Å². The maximum Gasteiger partial charge on any atom is 0.142 e. The molecule has 2 N–H and O–H groups in total. The average molecular weight is 165 g/mol. The normalized spacial score (nSPS) is 7.42. The Bertz CT molecular complexity index is 215. The number of anilines is 1. The van der Waals surface area contributed by atoms with Gasteiger partial charge >= 0.3 is 0 Å². The van der Waals surface area contributed by atoms with Crippen molar-refractivity contribution in [3.63, 3.8) is 0 Å². The second-order valence-corrected chi connectivity index (χ2v) is 1.85. The topological polar surface area (TPSA) is 49.3 Å². The molecule has 0 radical (unpaired) electrons. The summed E-state index contributed by atoms with van der Waals surface area (Å²) in [5, 5.41) is 8.29. The molecule has 0 fully saturated rings. The number of hydrogen-bond donors (Lipinski definition) is 2. The van der Waals surface area contributed by atoms with Gasteiger partial charge in [-0.2, -0.15) is 0 Å². The second kappa shape index (κ2) is 7.50. The van der Waals surface area contributed by atoms with Crippen LogP contribution in [0.5, 0.6) is 0 Å². The molecule has 0 saturated carbocycles. The summed E-state index contributed by atoms with van der Waals surface area (Å²) in [5.41, 5.74) is 2.74. The Morgan fingerprint density at radius 1 is 1.33 bits per heavy atom. The van der Waals surface area contributed by atoms with E-state index in [0.717, 1.165) is 0 Å². The lowest BCUT2D eigenvalue weighted by Gasteiger charge is -1.92. The molecule has 3 heteroatoms. The Kier molecular flexibility index (Phi) is 6.49.